The number of halogens is 1. The number of hydrogen-bond donors (Lipinski definition) is 1. The Morgan fingerprint density at radius 3 is 2.49 bits per heavy atom. The molecular weight excluding hydrogens is 608 g/mol. The highest BCUT2D eigenvalue weighted by atomic mass is 32.2. The molecule has 4 aromatic rings. The molecule has 43 heavy (non-hydrogen) atoms. The van der Waals surface area contributed by atoms with Crippen LogP contribution in [0.2, 0.25) is 0 Å². The van der Waals surface area contributed by atoms with Crippen molar-refractivity contribution in [2.75, 3.05) is 18.5 Å². The summed E-state index contributed by atoms with van der Waals surface area (Å²) in [4.78, 5) is 14.8. The minimum atomic E-state index is -3.99. The summed E-state index contributed by atoms with van der Waals surface area (Å²) >= 11 is 2.36. The van der Waals surface area contributed by atoms with Gasteiger partial charge in [-0.15, -0.1) is 22.7 Å². The number of carboxylic acid groups (broad SMARTS) is 1. The van der Waals surface area contributed by atoms with Gasteiger partial charge in [-0.2, -0.15) is 4.31 Å². The Labute approximate surface area is 259 Å². The van der Waals surface area contributed by atoms with Crippen LogP contribution in [0.3, 0.4) is 0 Å². The lowest BCUT2D eigenvalue weighted by molar-refractivity contribution is 0.0697. The third-order valence-corrected chi connectivity index (χ3v) is 12.4. The fourth-order valence-electron chi connectivity index (χ4n) is 6.21. The Morgan fingerprint density at radius 1 is 1.09 bits per heavy atom. The molecule has 2 aromatic carbocycles. The molecule has 1 atom stereocenters. The predicted molar refractivity (Wildman–Crippen MR) is 169 cm³/mol. The number of likely N-dealkylation sites (N-methyl/N-ethyl adjacent to an activating group) is 1. The molecule has 2 aliphatic rings. The van der Waals surface area contributed by atoms with E-state index in [0.29, 0.717) is 23.5 Å². The Hall–Kier alpha value is -3.25. The second-order valence-corrected chi connectivity index (χ2v) is 15.3. The van der Waals surface area contributed by atoms with Crippen molar-refractivity contribution in [3.63, 3.8) is 0 Å². The molecule has 1 fully saturated rings. The maximum atomic E-state index is 14.7. The quantitative estimate of drug-likeness (QED) is 0.221. The molecular formula is C32H33FN2O5S3. The molecule has 1 aliphatic heterocycles. The first-order valence-corrected chi connectivity index (χ1v) is 17.5. The summed E-state index contributed by atoms with van der Waals surface area (Å²) in [6, 6.07) is 15.9. The number of benzene rings is 2. The van der Waals surface area contributed by atoms with Crippen LogP contribution in [0.15, 0.2) is 64.9 Å². The number of carbonyl (C=O) groups is 1. The average Bonchev–Trinajstić information content (AvgIpc) is 3.59. The van der Waals surface area contributed by atoms with Crippen molar-refractivity contribution in [1.82, 2.24) is 4.31 Å². The third-order valence-electron chi connectivity index (χ3n) is 8.43. The Bertz CT molecular complexity index is 1750. The van der Waals surface area contributed by atoms with Gasteiger partial charge in [0.2, 0.25) is 10.0 Å². The van der Waals surface area contributed by atoms with Gasteiger partial charge in [-0.05, 0) is 61.4 Å². The van der Waals surface area contributed by atoms with E-state index in [4.69, 9.17) is 4.74 Å². The molecule has 0 bridgehead atoms. The third kappa shape index (κ3) is 5.83. The highest BCUT2D eigenvalue weighted by Gasteiger charge is 2.41. The van der Waals surface area contributed by atoms with Gasteiger partial charge in [-0.3, -0.25) is 0 Å². The summed E-state index contributed by atoms with van der Waals surface area (Å²) in [5, 5.41) is 11.5. The molecule has 11 heteroatoms. The number of para-hydroxylation sites is 1. The zero-order valence-electron chi connectivity index (χ0n) is 24.0. The number of sulfonamides is 1. The molecule has 6 rings (SSSR count). The van der Waals surface area contributed by atoms with Crippen LogP contribution in [0, 0.1) is 18.7 Å². The first-order chi connectivity index (χ1) is 20.6. The van der Waals surface area contributed by atoms with Crippen molar-refractivity contribution in [1.29, 1.82) is 0 Å². The Morgan fingerprint density at radius 2 is 1.84 bits per heavy atom. The number of thiophene rings is 2. The predicted octanol–water partition coefficient (Wildman–Crippen LogP) is 7.92. The van der Waals surface area contributed by atoms with Gasteiger partial charge < -0.3 is 14.7 Å². The number of aromatic carboxylic acids is 1. The van der Waals surface area contributed by atoms with Crippen LogP contribution in [0.25, 0.3) is 10.4 Å². The van der Waals surface area contributed by atoms with Crippen LogP contribution in [-0.2, 0) is 16.6 Å². The van der Waals surface area contributed by atoms with Gasteiger partial charge in [-0.25, -0.2) is 17.6 Å². The minimum absolute atomic E-state index is 0.0802. The highest BCUT2D eigenvalue weighted by Crippen LogP contribution is 2.47. The number of hydrogen-bond acceptors (Lipinski definition) is 7. The van der Waals surface area contributed by atoms with Crippen molar-refractivity contribution in [2.45, 2.75) is 56.6 Å². The number of ether oxygens (including phenoxy) is 1. The van der Waals surface area contributed by atoms with Crippen molar-refractivity contribution in [3.8, 4) is 16.2 Å². The van der Waals surface area contributed by atoms with Crippen LogP contribution in [0.1, 0.15) is 52.2 Å². The van der Waals surface area contributed by atoms with Gasteiger partial charge in [0.25, 0.3) is 0 Å². The van der Waals surface area contributed by atoms with Crippen molar-refractivity contribution >= 4 is 50.0 Å². The zero-order chi connectivity index (χ0) is 30.3. The molecule has 0 saturated heterocycles. The molecule has 0 amide bonds. The topological polar surface area (TPSA) is 87.1 Å². The lowest BCUT2D eigenvalue weighted by Crippen LogP contribution is -2.46. The van der Waals surface area contributed by atoms with Crippen LogP contribution in [0.5, 0.6) is 5.75 Å². The molecule has 1 N–H and O–H groups in total. The molecule has 0 radical (unpaired) electrons. The Kier molecular flexibility index (Phi) is 8.34. The molecule has 1 aliphatic carbocycles. The minimum Gasteiger partial charge on any atom is -0.488 e. The van der Waals surface area contributed by atoms with E-state index in [2.05, 4.69) is 4.90 Å². The smallest absolute Gasteiger partial charge is 0.348 e. The van der Waals surface area contributed by atoms with Gasteiger partial charge in [0.1, 0.15) is 27.9 Å². The van der Waals surface area contributed by atoms with Gasteiger partial charge in [0.15, 0.2) is 0 Å². The maximum absolute atomic E-state index is 14.7. The molecule has 1 saturated carbocycles. The van der Waals surface area contributed by atoms with Crippen molar-refractivity contribution in [2.24, 2.45) is 5.92 Å². The highest BCUT2D eigenvalue weighted by molar-refractivity contribution is 7.89. The number of fused-ring (bicyclic) bond motifs is 1. The fraction of sp³-hybridized carbons (Fsp3) is 0.344. The van der Waals surface area contributed by atoms with Gasteiger partial charge >= 0.3 is 5.97 Å². The van der Waals surface area contributed by atoms with E-state index in [9.17, 15) is 22.7 Å². The normalized spacial score (nSPS) is 19.1. The Balaban J connectivity index is 1.55. The first kappa shape index (κ1) is 29.8. The second kappa shape index (κ2) is 12.0. The molecule has 226 valence electrons. The summed E-state index contributed by atoms with van der Waals surface area (Å²) in [6.07, 6.45) is 5.25. The number of rotatable bonds is 7. The fourth-order valence-corrected chi connectivity index (χ4v) is 9.41. The summed E-state index contributed by atoms with van der Waals surface area (Å²) in [6.45, 7) is 2.70. The van der Waals surface area contributed by atoms with E-state index in [1.165, 1.54) is 10.4 Å². The molecule has 7 nitrogen and oxygen atoms in total. The number of nitrogens with zero attached hydrogens (tertiary/aromatic N) is 2. The summed E-state index contributed by atoms with van der Waals surface area (Å²) in [5.74, 6) is -1.67. The molecule has 0 spiro atoms. The SMILES string of the molecule is Cc1cc(COc2cc3c(cc2-c2cc(F)c(C(=O)O)s2)S(=O)(=O)N(C)[C@H](C2CCCCC2)CN3c2ccccc2)cs1. The first-order valence-electron chi connectivity index (χ1n) is 14.3. The van der Waals surface area contributed by atoms with Gasteiger partial charge in [0.05, 0.1) is 5.69 Å². The second-order valence-electron chi connectivity index (χ2n) is 11.2. The maximum Gasteiger partial charge on any atom is 0.348 e. The van der Waals surface area contributed by atoms with Crippen LogP contribution in [0.4, 0.5) is 15.8 Å². The van der Waals surface area contributed by atoms with E-state index in [-0.39, 0.29) is 28.3 Å². The zero-order valence-corrected chi connectivity index (χ0v) is 26.4. The monoisotopic (exact) mass is 640 g/mol. The number of carboxylic acids is 1. The number of aryl methyl sites for hydroxylation is 1. The number of anilines is 2. The van der Waals surface area contributed by atoms with E-state index in [0.717, 1.165) is 65.6 Å². The lowest BCUT2D eigenvalue weighted by Gasteiger charge is -2.36. The molecule has 2 aromatic heterocycles. The molecule has 3 heterocycles. The summed E-state index contributed by atoms with van der Waals surface area (Å²) < 4.78 is 51.4. The van der Waals surface area contributed by atoms with Crippen molar-refractivity contribution < 1.29 is 27.4 Å². The van der Waals surface area contributed by atoms with Crippen molar-refractivity contribution in [3.05, 3.63) is 81.1 Å². The van der Waals surface area contributed by atoms with Gasteiger partial charge in [0, 0.05) is 52.3 Å². The average molecular weight is 641 g/mol. The summed E-state index contributed by atoms with van der Waals surface area (Å²) in [7, 11) is -2.34. The summed E-state index contributed by atoms with van der Waals surface area (Å²) in [5.41, 5.74) is 2.63. The van der Waals surface area contributed by atoms with Crippen LogP contribution >= 0.6 is 22.7 Å². The van der Waals surface area contributed by atoms with E-state index < -0.39 is 26.7 Å². The van der Waals surface area contributed by atoms with E-state index in [1.807, 2.05) is 48.7 Å². The van der Waals surface area contributed by atoms with Gasteiger partial charge in [-0.1, -0.05) is 37.5 Å². The van der Waals surface area contributed by atoms with Crippen LogP contribution in [-0.4, -0.2) is 43.4 Å². The van der Waals surface area contributed by atoms with Crippen LogP contribution < -0.4 is 9.64 Å². The lowest BCUT2D eigenvalue weighted by atomic mass is 9.83. The van der Waals surface area contributed by atoms with E-state index >= 15 is 0 Å². The standard InChI is InChI=1S/C32H33FN2O5S3/c1-20-13-21(19-41-20)18-40-28-16-26-30(14-24(28)29-15-25(33)31(42-29)32(36)37)43(38,39)34(2)27(22-9-5-3-6-10-22)17-35(26)23-11-7-4-8-12-23/h4,7-8,11-16,19,22,27H,3,5-6,9-10,17-18H2,1-2H3,(H,36,37)/t27-/m0/s1. The molecule has 0 unspecified atom stereocenters. The van der Waals surface area contributed by atoms with E-state index in [1.54, 1.807) is 24.5 Å². The largest absolute Gasteiger partial charge is 0.488 e.